The lowest BCUT2D eigenvalue weighted by atomic mass is 10.0. The zero-order valence-electron chi connectivity index (χ0n) is 11.6. The van der Waals surface area contributed by atoms with Gasteiger partial charge < -0.3 is 10.0 Å². The molecule has 1 aliphatic heterocycles. The number of nitrogens with zero attached hydrogens (tertiary/aromatic N) is 2. The summed E-state index contributed by atoms with van der Waals surface area (Å²) in [5, 5.41) is 8.85. The number of para-hydroxylation sites is 1. The van der Waals surface area contributed by atoms with E-state index in [4.69, 9.17) is 5.11 Å². The van der Waals surface area contributed by atoms with Crippen molar-refractivity contribution in [2.24, 2.45) is 0 Å². The van der Waals surface area contributed by atoms with Crippen LogP contribution >= 0.6 is 0 Å². The van der Waals surface area contributed by atoms with Gasteiger partial charge in [-0.05, 0) is 32.5 Å². The normalized spacial score (nSPS) is 24.4. The van der Waals surface area contributed by atoms with Crippen LogP contribution in [0.2, 0.25) is 0 Å². The number of hydrogen-bond acceptors (Lipinski definition) is 3. The Bertz CT molecular complexity index is 421. The van der Waals surface area contributed by atoms with Gasteiger partial charge in [0, 0.05) is 37.3 Å². The lowest BCUT2D eigenvalue weighted by molar-refractivity contribution is -0.137. The van der Waals surface area contributed by atoms with E-state index in [2.05, 4.69) is 35.9 Å². The molecule has 4 nitrogen and oxygen atoms in total. The Balaban J connectivity index is 2.06. The van der Waals surface area contributed by atoms with Crippen molar-refractivity contribution in [1.82, 2.24) is 4.90 Å². The number of carboxylic acids is 1. The summed E-state index contributed by atoms with van der Waals surface area (Å²) in [6.45, 7) is 4.09. The Kier molecular flexibility index (Phi) is 4.43. The van der Waals surface area contributed by atoms with Crippen LogP contribution in [-0.2, 0) is 4.79 Å². The van der Waals surface area contributed by atoms with Crippen molar-refractivity contribution in [2.45, 2.75) is 31.8 Å². The van der Waals surface area contributed by atoms with Crippen molar-refractivity contribution in [1.29, 1.82) is 0 Å². The van der Waals surface area contributed by atoms with Crippen molar-refractivity contribution in [3.63, 3.8) is 0 Å². The van der Waals surface area contributed by atoms with Gasteiger partial charge in [-0.2, -0.15) is 0 Å². The maximum absolute atomic E-state index is 10.7. The van der Waals surface area contributed by atoms with E-state index in [1.54, 1.807) is 0 Å². The van der Waals surface area contributed by atoms with Gasteiger partial charge in [0.2, 0.25) is 0 Å². The minimum Gasteiger partial charge on any atom is -0.481 e. The second-order valence-corrected chi connectivity index (χ2v) is 5.34. The van der Waals surface area contributed by atoms with Gasteiger partial charge in [-0.25, -0.2) is 0 Å². The highest BCUT2D eigenvalue weighted by molar-refractivity contribution is 5.66. The SMILES string of the molecule is CC1CN(c2ccccc2)CC(CCC(=O)O)N1C. The average Bonchev–Trinajstić information content (AvgIpc) is 2.41. The molecule has 0 aliphatic carbocycles. The molecule has 2 unspecified atom stereocenters. The van der Waals surface area contributed by atoms with Crippen molar-refractivity contribution in [3.05, 3.63) is 30.3 Å². The maximum atomic E-state index is 10.7. The number of carboxylic acid groups (broad SMARTS) is 1. The Morgan fingerprint density at radius 1 is 1.32 bits per heavy atom. The Hall–Kier alpha value is -1.55. The van der Waals surface area contributed by atoms with E-state index in [1.165, 1.54) is 5.69 Å². The van der Waals surface area contributed by atoms with Crippen LogP contribution in [-0.4, -0.2) is 48.2 Å². The highest BCUT2D eigenvalue weighted by atomic mass is 16.4. The molecular weight excluding hydrogens is 240 g/mol. The fourth-order valence-corrected chi connectivity index (χ4v) is 2.70. The number of likely N-dealkylation sites (N-methyl/N-ethyl adjacent to an activating group) is 1. The highest BCUT2D eigenvalue weighted by Crippen LogP contribution is 2.23. The van der Waals surface area contributed by atoms with Crippen LogP contribution in [0.5, 0.6) is 0 Å². The van der Waals surface area contributed by atoms with Gasteiger partial charge in [-0.3, -0.25) is 9.69 Å². The second-order valence-electron chi connectivity index (χ2n) is 5.34. The fraction of sp³-hybridized carbons (Fsp3) is 0.533. The van der Waals surface area contributed by atoms with E-state index in [1.807, 2.05) is 18.2 Å². The molecule has 1 fully saturated rings. The summed E-state index contributed by atoms with van der Waals surface area (Å²) in [6, 6.07) is 11.1. The van der Waals surface area contributed by atoms with Crippen molar-refractivity contribution in [2.75, 3.05) is 25.0 Å². The van der Waals surface area contributed by atoms with Gasteiger partial charge in [0.15, 0.2) is 0 Å². The van der Waals surface area contributed by atoms with Gasteiger partial charge in [-0.15, -0.1) is 0 Å². The van der Waals surface area contributed by atoms with Crippen molar-refractivity contribution < 1.29 is 9.90 Å². The first-order chi connectivity index (χ1) is 9.08. The first-order valence-corrected chi connectivity index (χ1v) is 6.81. The van der Waals surface area contributed by atoms with Crippen LogP contribution in [0.4, 0.5) is 5.69 Å². The zero-order valence-corrected chi connectivity index (χ0v) is 11.6. The molecule has 1 N–H and O–H groups in total. The van der Waals surface area contributed by atoms with E-state index in [0.29, 0.717) is 18.5 Å². The monoisotopic (exact) mass is 262 g/mol. The molecule has 1 aromatic carbocycles. The summed E-state index contributed by atoms with van der Waals surface area (Å²) in [6.07, 6.45) is 0.948. The molecule has 0 spiro atoms. The summed E-state index contributed by atoms with van der Waals surface area (Å²) in [5.74, 6) is -0.710. The van der Waals surface area contributed by atoms with Crippen molar-refractivity contribution >= 4 is 11.7 Å². The van der Waals surface area contributed by atoms with E-state index in [0.717, 1.165) is 13.1 Å². The maximum Gasteiger partial charge on any atom is 0.303 e. The van der Waals surface area contributed by atoms with Crippen LogP contribution in [0.25, 0.3) is 0 Å². The minimum absolute atomic E-state index is 0.240. The van der Waals surface area contributed by atoms with Crippen LogP contribution in [0.3, 0.4) is 0 Å². The molecule has 0 saturated carbocycles. The van der Waals surface area contributed by atoms with Crippen molar-refractivity contribution in [3.8, 4) is 0 Å². The molecule has 4 heteroatoms. The molecule has 2 atom stereocenters. The van der Waals surface area contributed by atoms with Gasteiger partial charge in [-0.1, -0.05) is 18.2 Å². The zero-order chi connectivity index (χ0) is 13.8. The van der Waals surface area contributed by atoms with Crippen LogP contribution in [0, 0.1) is 0 Å². The number of piperazine rings is 1. The summed E-state index contributed by atoms with van der Waals surface area (Å²) in [5.41, 5.74) is 1.22. The first-order valence-electron chi connectivity index (χ1n) is 6.81. The molecular formula is C15H22N2O2. The molecule has 1 saturated heterocycles. The Labute approximate surface area is 114 Å². The number of benzene rings is 1. The molecule has 1 aliphatic rings. The largest absolute Gasteiger partial charge is 0.481 e. The minimum atomic E-state index is -0.710. The molecule has 1 aromatic rings. The summed E-state index contributed by atoms with van der Waals surface area (Å²) < 4.78 is 0. The topological polar surface area (TPSA) is 43.8 Å². The number of hydrogen-bond donors (Lipinski definition) is 1. The van der Waals surface area contributed by atoms with Gasteiger partial charge >= 0.3 is 5.97 Å². The molecule has 1 heterocycles. The lowest BCUT2D eigenvalue weighted by Crippen LogP contribution is -2.56. The predicted octanol–water partition coefficient (Wildman–Crippen LogP) is 2.06. The third-order valence-electron chi connectivity index (χ3n) is 4.00. The molecule has 104 valence electrons. The van der Waals surface area contributed by atoms with Gasteiger partial charge in [0.25, 0.3) is 0 Å². The number of carbonyl (C=O) groups is 1. The van der Waals surface area contributed by atoms with E-state index in [-0.39, 0.29) is 6.42 Å². The standard InChI is InChI=1S/C15H22N2O2/c1-12-10-17(13-6-4-3-5-7-13)11-14(16(12)2)8-9-15(18)19/h3-7,12,14H,8-11H2,1-2H3,(H,18,19). The van der Waals surface area contributed by atoms with Crippen LogP contribution in [0.15, 0.2) is 30.3 Å². The highest BCUT2D eigenvalue weighted by Gasteiger charge is 2.29. The van der Waals surface area contributed by atoms with Crippen LogP contribution < -0.4 is 4.90 Å². The molecule has 0 aromatic heterocycles. The van der Waals surface area contributed by atoms with E-state index < -0.39 is 5.97 Å². The molecule has 19 heavy (non-hydrogen) atoms. The first kappa shape index (κ1) is 13.9. The molecule has 0 bridgehead atoms. The fourth-order valence-electron chi connectivity index (χ4n) is 2.70. The summed E-state index contributed by atoms with van der Waals surface area (Å²) in [7, 11) is 2.10. The van der Waals surface area contributed by atoms with E-state index in [9.17, 15) is 4.79 Å². The molecule has 0 amide bonds. The molecule has 0 radical (unpaired) electrons. The smallest absolute Gasteiger partial charge is 0.303 e. The quantitative estimate of drug-likeness (QED) is 0.902. The average molecular weight is 262 g/mol. The summed E-state index contributed by atoms with van der Waals surface area (Å²) in [4.78, 5) is 15.4. The second kappa shape index (κ2) is 6.06. The third-order valence-corrected chi connectivity index (χ3v) is 4.00. The number of aliphatic carboxylic acids is 1. The van der Waals surface area contributed by atoms with Crippen LogP contribution in [0.1, 0.15) is 19.8 Å². The third kappa shape index (κ3) is 3.47. The Morgan fingerprint density at radius 2 is 2.00 bits per heavy atom. The lowest BCUT2D eigenvalue weighted by Gasteiger charge is -2.45. The predicted molar refractivity (Wildman–Crippen MR) is 76.5 cm³/mol. The number of rotatable bonds is 4. The molecule has 2 rings (SSSR count). The summed E-state index contributed by atoms with van der Waals surface area (Å²) >= 11 is 0. The van der Waals surface area contributed by atoms with Gasteiger partial charge in [0.1, 0.15) is 0 Å². The number of anilines is 1. The van der Waals surface area contributed by atoms with Gasteiger partial charge in [0.05, 0.1) is 0 Å². The Morgan fingerprint density at radius 3 is 2.63 bits per heavy atom. The van der Waals surface area contributed by atoms with E-state index >= 15 is 0 Å².